The third-order valence-corrected chi connectivity index (χ3v) is 6.50. The van der Waals surface area contributed by atoms with Crippen molar-refractivity contribution in [2.24, 2.45) is 11.1 Å². The van der Waals surface area contributed by atoms with Crippen LogP contribution < -0.4 is 5.73 Å². The van der Waals surface area contributed by atoms with Crippen LogP contribution in [0.2, 0.25) is 0 Å². The molecule has 0 aromatic rings. The monoisotopic (exact) mass is 375 g/mol. The van der Waals surface area contributed by atoms with Gasteiger partial charge in [-0.2, -0.15) is 13.5 Å². The van der Waals surface area contributed by atoms with Crippen LogP contribution in [0.1, 0.15) is 51.9 Å². The second-order valence-electron chi connectivity index (χ2n) is 7.22. The van der Waals surface area contributed by atoms with E-state index in [1.165, 1.54) is 4.90 Å². The zero-order chi connectivity index (χ0) is 18.2. The normalized spacial score (nSPS) is 28.6. The zero-order valence-corrected chi connectivity index (χ0v) is 15.2. The van der Waals surface area contributed by atoms with E-state index < -0.39 is 34.4 Å². The Balaban J connectivity index is 1.63. The largest absolute Gasteiger partial charge is 0.421 e. The van der Waals surface area contributed by atoms with Gasteiger partial charge in [0.05, 0.1) is 12.6 Å². The minimum Gasteiger partial charge on any atom is -0.368 e. The van der Waals surface area contributed by atoms with Crippen LogP contribution in [0.25, 0.3) is 0 Å². The van der Waals surface area contributed by atoms with E-state index in [1.807, 2.05) is 6.92 Å². The van der Waals surface area contributed by atoms with E-state index in [4.69, 9.17) is 14.2 Å². The lowest BCUT2D eigenvalue weighted by Crippen LogP contribution is -2.47. The van der Waals surface area contributed by atoms with Crippen LogP contribution in [0.4, 0.5) is 4.79 Å². The average Bonchev–Trinajstić information content (AvgIpc) is 3.14. The first kappa shape index (κ1) is 18.4. The lowest BCUT2D eigenvalue weighted by Gasteiger charge is -2.27. The number of amides is 3. The van der Waals surface area contributed by atoms with Crippen LogP contribution >= 0.6 is 0 Å². The molecule has 2 aliphatic heterocycles. The Morgan fingerprint density at radius 3 is 2.60 bits per heavy atom. The van der Waals surface area contributed by atoms with Crippen LogP contribution in [0.5, 0.6) is 0 Å². The van der Waals surface area contributed by atoms with E-state index in [2.05, 4.69) is 0 Å². The second-order valence-corrected chi connectivity index (χ2v) is 8.42. The summed E-state index contributed by atoms with van der Waals surface area (Å²) in [6, 6.07) is -1.81. The molecule has 3 aliphatic rings. The smallest absolute Gasteiger partial charge is 0.368 e. The van der Waals surface area contributed by atoms with Gasteiger partial charge in [-0.15, -0.1) is 4.28 Å². The molecule has 2 bridgehead atoms. The minimum absolute atomic E-state index is 0.0617. The van der Waals surface area contributed by atoms with E-state index in [9.17, 15) is 18.0 Å². The first-order valence-corrected chi connectivity index (χ1v) is 10.1. The molecular formula is C15H25N3O6S. The van der Waals surface area contributed by atoms with Gasteiger partial charge in [0.1, 0.15) is 6.04 Å². The first-order valence-electron chi connectivity index (χ1n) is 8.75. The molecule has 3 amide bonds. The molecule has 0 aromatic carbocycles. The van der Waals surface area contributed by atoms with E-state index in [-0.39, 0.29) is 18.6 Å². The van der Waals surface area contributed by atoms with Gasteiger partial charge in [-0.1, -0.05) is 19.8 Å². The van der Waals surface area contributed by atoms with Crippen molar-refractivity contribution in [2.75, 3.05) is 13.2 Å². The zero-order valence-electron chi connectivity index (χ0n) is 14.3. The van der Waals surface area contributed by atoms with E-state index in [1.54, 1.807) is 0 Å². The predicted octanol–water partition coefficient (Wildman–Crippen LogP) is 0.904. The predicted molar refractivity (Wildman–Crippen MR) is 87.1 cm³/mol. The number of fused-ring (bicyclic) bond motifs is 2. The Morgan fingerprint density at radius 2 is 2.00 bits per heavy atom. The Morgan fingerprint density at radius 1 is 1.32 bits per heavy atom. The quantitative estimate of drug-likeness (QED) is 0.706. The lowest BCUT2D eigenvalue weighted by atomic mass is 9.85. The summed E-state index contributed by atoms with van der Waals surface area (Å²) in [4.78, 5) is 25.0. The highest BCUT2D eigenvalue weighted by Crippen LogP contribution is 2.41. The Bertz CT molecular complexity index is 646. The van der Waals surface area contributed by atoms with Crippen LogP contribution in [0.3, 0.4) is 0 Å². The van der Waals surface area contributed by atoms with Crippen molar-refractivity contribution in [1.82, 2.24) is 9.96 Å². The number of primary amides is 1. The summed E-state index contributed by atoms with van der Waals surface area (Å²) < 4.78 is 34.4. The van der Waals surface area contributed by atoms with Crippen molar-refractivity contribution >= 4 is 22.3 Å². The molecule has 0 aromatic heterocycles. The number of piperidine rings is 1. The number of rotatable bonds is 7. The molecule has 2 heterocycles. The maximum atomic E-state index is 12.4. The minimum atomic E-state index is -4.35. The number of carbonyl (C=O) groups excluding carboxylic acids is 2. The molecular weight excluding hydrogens is 350 g/mol. The van der Waals surface area contributed by atoms with Gasteiger partial charge >= 0.3 is 16.4 Å². The molecule has 2 atom stereocenters. The highest BCUT2D eigenvalue weighted by Gasteiger charge is 2.49. The average molecular weight is 375 g/mol. The summed E-state index contributed by atoms with van der Waals surface area (Å²) in [6.45, 7) is 2.31. The number of hydroxylamine groups is 2. The molecule has 0 spiro atoms. The summed E-state index contributed by atoms with van der Waals surface area (Å²) in [5.41, 5.74) is 5.16. The Hall–Kier alpha value is -1.39. The molecule has 2 saturated heterocycles. The fourth-order valence-corrected chi connectivity index (χ4v) is 4.89. The van der Waals surface area contributed by atoms with Crippen molar-refractivity contribution in [3.63, 3.8) is 0 Å². The molecule has 2 N–H and O–H groups in total. The van der Waals surface area contributed by atoms with Crippen LogP contribution in [0, 0.1) is 5.41 Å². The highest BCUT2D eigenvalue weighted by molar-refractivity contribution is 7.81. The first-order chi connectivity index (χ1) is 11.8. The molecule has 1 saturated carbocycles. The third-order valence-electron chi connectivity index (χ3n) is 5.75. The lowest BCUT2D eigenvalue weighted by molar-refractivity contribution is -0.122. The van der Waals surface area contributed by atoms with Crippen LogP contribution in [-0.4, -0.2) is 55.6 Å². The second kappa shape index (κ2) is 6.73. The number of nitrogens with zero attached hydrogens (tertiary/aromatic N) is 2. The van der Waals surface area contributed by atoms with Crippen molar-refractivity contribution < 1.29 is 26.5 Å². The number of urea groups is 1. The molecule has 1 aliphatic carbocycles. The van der Waals surface area contributed by atoms with Crippen molar-refractivity contribution in [1.29, 1.82) is 0 Å². The van der Waals surface area contributed by atoms with Gasteiger partial charge in [-0.05, 0) is 37.5 Å². The van der Waals surface area contributed by atoms with Gasteiger partial charge in [0.25, 0.3) is 0 Å². The molecule has 142 valence electrons. The summed E-state index contributed by atoms with van der Waals surface area (Å²) in [7, 11) is -4.35. The van der Waals surface area contributed by atoms with Crippen molar-refractivity contribution in [3.8, 4) is 0 Å². The van der Waals surface area contributed by atoms with E-state index in [0.29, 0.717) is 12.8 Å². The molecule has 0 radical (unpaired) electrons. The van der Waals surface area contributed by atoms with Crippen molar-refractivity contribution in [2.45, 2.75) is 64.0 Å². The van der Waals surface area contributed by atoms with E-state index in [0.717, 1.165) is 37.2 Å². The summed E-state index contributed by atoms with van der Waals surface area (Å²) in [6.07, 6.45) is 5.66. The summed E-state index contributed by atoms with van der Waals surface area (Å²) in [5, 5.41) is 0.811. The molecule has 3 fully saturated rings. The Labute approximate surface area is 147 Å². The van der Waals surface area contributed by atoms with Gasteiger partial charge < -0.3 is 10.6 Å². The van der Waals surface area contributed by atoms with Gasteiger partial charge in [-0.3, -0.25) is 4.79 Å². The van der Waals surface area contributed by atoms with Crippen LogP contribution in [-0.2, 0) is 23.7 Å². The topological polar surface area (TPSA) is 119 Å². The third kappa shape index (κ3) is 3.61. The molecule has 3 rings (SSSR count). The summed E-state index contributed by atoms with van der Waals surface area (Å²) in [5.74, 6) is -0.598. The maximum Gasteiger partial charge on any atom is 0.421 e. The van der Waals surface area contributed by atoms with Gasteiger partial charge in [0.2, 0.25) is 5.91 Å². The van der Waals surface area contributed by atoms with Crippen molar-refractivity contribution in [3.05, 3.63) is 0 Å². The standard InChI is InChI=1S/C15H25N3O6S/c1-2-15(7-3-4-8-15)10-23-25(21,22)24-18-11-5-6-12(13(16)19)17(9-11)14(18)20/h11-12H,2-10H2,1H3,(H2,16,19)/t11-,12+/m1/s1. The number of carbonyl (C=O) groups is 2. The fraction of sp³-hybridized carbons (Fsp3) is 0.867. The van der Waals surface area contributed by atoms with Gasteiger partial charge in [0, 0.05) is 6.54 Å². The number of nitrogens with two attached hydrogens (primary N) is 1. The summed E-state index contributed by atoms with van der Waals surface area (Å²) >= 11 is 0. The maximum absolute atomic E-state index is 12.4. The number of hydrogen-bond donors (Lipinski definition) is 1. The van der Waals surface area contributed by atoms with Gasteiger partial charge in [-0.25, -0.2) is 8.98 Å². The molecule has 9 nitrogen and oxygen atoms in total. The molecule has 0 unspecified atom stereocenters. The van der Waals surface area contributed by atoms with Crippen LogP contribution in [0.15, 0.2) is 0 Å². The number of hydrogen-bond acceptors (Lipinski definition) is 6. The Kier molecular flexibility index (Phi) is 4.95. The van der Waals surface area contributed by atoms with E-state index >= 15 is 0 Å². The fourth-order valence-electron chi connectivity index (χ4n) is 4.07. The SMILES string of the molecule is CCC1(COS(=O)(=O)ON2C(=O)N3C[C@H]2CC[C@H]3C(N)=O)CCCC1. The highest BCUT2D eigenvalue weighted by atomic mass is 32.3. The molecule has 25 heavy (non-hydrogen) atoms. The molecule has 10 heteroatoms. The van der Waals surface area contributed by atoms with Gasteiger partial charge in [0.15, 0.2) is 0 Å².